The molecule has 0 bridgehead atoms. The van der Waals surface area contributed by atoms with Crippen LogP contribution in [0, 0.1) is 0 Å². The molecule has 1 aliphatic rings. The fourth-order valence-electron chi connectivity index (χ4n) is 3.99. The topological polar surface area (TPSA) is 119 Å². The van der Waals surface area contributed by atoms with E-state index in [4.69, 9.17) is 4.74 Å². The maximum atomic E-state index is 14.2. The molecule has 2 heterocycles. The average molecular weight is 489 g/mol. The molecule has 0 radical (unpaired) electrons. The molecule has 1 saturated heterocycles. The lowest BCUT2D eigenvalue weighted by molar-refractivity contribution is 0.0600. The molecule has 3 aromatic rings. The van der Waals surface area contributed by atoms with Crippen LogP contribution in [-0.2, 0) is 21.2 Å². The molecule has 1 fully saturated rings. The summed E-state index contributed by atoms with van der Waals surface area (Å²) in [4.78, 5) is 13.8. The van der Waals surface area contributed by atoms with E-state index in [0.717, 1.165) is 0 Å². The monoisotopic (exact) mass is 488 g/mol. The van der Waals surface area contributed by atoms with Gasteiger partial charge in [0, 0.05) is 13.1 Å². The van der Waals surface area contributed by atoms with Crippen LogP contribution in [0.25, 0.3) is 5.69 Å². The normalized spacial score (nSPS) is 16.3. The summed E-state index contributed by atoms with van der Waals surface area (Å²) in [5.41, 5.74) is 2.00. The molecule has 180 valence electrons. The second-order valence-corrected chi connectivity index (χ2v) is 9.57. The van der Waals surface area contributed by atoms with Gasteiger partial charge in [-0.1, -0.05) is 13.0 Å². The maximum Gasteiger partial charge on any atom is 0.337 e. The van der Waals surface area contributed by atoms with Gasteiger partial charge in [-0.25, -0.2) is 22.3 Å². The van der Waals surface area contributed by atoms with Crippen molar-refractivity contribution < 1.29 is 22.3 Å². The molecule has 0 spiro atoms. The van der Waals surface area contributed by atoms with E-state index in [1.807, 2.05) is 11.8 Å². The number of hydrogen-bond acceptors (Lipinski definition) is 8. The third-order valence-corrected chi connectivity index (χ3v) is 7.15. The van der Waals surface area contributed by atoms with Crippen LogP contribution in [-0.4, -0.2) is 61.0 Å². The number of nitrogens with zero attached hydrogens (tertiary/aromatic N) is 5. The van der Waals surface area contributed by atoms with E-state index in [9.17, 15) is 17.6 Å². The number of halogens is 1. The summed E-state index contributed by atoms with van der Waals surface area (Å²) in [6.07, 6.45) is 1.95. The van der Waals surface area contributed by atoms with Crippen molar-refractivity contribution in [1.29, 1.82) is 0 Å². The number of alkyl halides is 1. The Kier molecular flexibility index (Phi) is 6.77. The summed E-state index contributed by atoms with van der Waals surface area (Å²) in [5, 5.41) is 11.1. The van der Waals surface area contributed by atoms with Crippen molar-refractivity contribution in [3.8, 4) is 5.69 Å². The van der Waals surface area contributed by atoms with E-state index >= 15 is 0 Å². The molecule has 0 aliphatic carbocycles. The molecule has 10 nitrogen and oxygen atoms in total. The molecule has 0 saturated carbocycles. The average Bonchev–Trinajstić information content (AvgIpc) is 3.38. The molecule has 0 unspecified atom stereocenters. The highest BCUT2D eigenvalue weighted by molar-refractivity contribution is 7.92. The number of piperidine rings is 1. The molecule has 1 aliphatic heterocycles. The third kappa shape index (κ3) is 4.86. The van der Waals surface area contributed by atoms with Crippen molar-refractivity contribution in [2.75, 3.05) is 29.8 Å². The van der Waals surface area contributed by atoms with Crippen molar-refractivity contribution in [3.05, 3.63) is 53.9 Å². The van der Waals surface area contributed by atoms with Gasteiger partial charge in [-0.05, 0) is 65.6 Å². The Bertz CT molecular complexity index is 1280. The highest BCUT2D eigenvalue weighted by Crippen LogP contribution is 2.33. The Labute approximate surface area is 196 Å². The number of sulfonamides is 1. The Morgan fingerprint density at radius 2 is 2.09 bits per heavy atom. The van der Waals surface area contributed by atoms with Gasteiger partial charge in [0.25, 0.3) is 10.0 Å². The molecule has 1 aromatic heterocycles. The van der Waals surface area contributed by atoms with E-state index in [2.05, 4.69) is 20.2 Å². The van der Waals surface area contributed by atoms with Crippen LogP contribution in [0.3, 0.4) is 0 Å². The van der Waals surface area contributed by atoms with Crippen LogP contribution in [0.2, 0.25) is 0 Å². The third-order valence-electron chi connectivity index (χ3n) is 5.70. The molecular weight excluding hydrogens is 463 g/mol. The highest BCUT2D eigenvalue weighted by atomic mass is 32.2. The number of anilines is 2. The van der Waals surface area contributed by atoms with Gasteiger partial charge in [-0.3, -0.25) is 4.72 Å². The van der Waals surface area contributed by atoms with Gasteiger partial charge < -0.3 is 9.64 Å². The first-order valence-electron chi connectivity index (χ1n) is 10.8. The Balaban J connectivity index is 1.78. The second kappa shape index (κ2) is 9.75. The van der Waals surface area contributed by atoms with Gasteiger partial charge in [-0.2, -0.15) is 0 Å². The predicted molar refractivity (Wildman–Crippen MR) is 123 cm³/mol. The molecule has 0 amide bonds. The number of rotatable bonds is 7. The first-order chi connectivity index (χ1) is 16.3. The lowest BCUT2D eigenvalue weighted by atomic mass is 10.1. The van der Waals surface area contributed by atoms with Crippen molar-refractivity contribution in [1.82, 2.24) is 20.2 Å². The minimum atomic E-state index is -4.12. The van der Waals surface area contributed by atoms with E-state index in [0.29, 0.717) is 42.7 Å². The maximum absolute atomic E-state index is 14.2. The Morgan fingerprint density at radius 3 is 2.76 bits per heavy atom. The van der Waals surface area contributed by atoms with Crippen LogP contribution < -0.4 is 9.62 Å². The smallest absolute Gasteiger partial charge is 0.337 e. The number of aromatic nitrogens is 4. The van der Waals surface area contributed by atoms with Crippen LogP contribution in [0.4, 0.5) is 15.8 Å². The van der Waals surface area contributed by atoms with Gasteiger partial charge in [0.1, 0.15) is 12.5 Å². The Morgan fingerprint density at radius 1 is 1.26 bits per heavy atom. The molecule has 1 N–H and O–H groups in total. The van der Waals surface area contributed by atoms with Crippen LogP contribution in [0.15, 0.2) is 47.6 Å². The second-order valence-electron chi connectivity index (χ2n) is 7.91. The number of carbonyl (C=O) groups excluding carboxylic acids is 1. The Hall–Kier alpha value is -3.54. The molecule has 1 atom stereocenters. The van der Waals surface area contributed by atoms with Crippen LogP contribution in [0.1, 0.15) is 35.7 Å². The number of methoxy groups -OCH3 is 1. The zero-order valence-corrected chi connectivity index (χ0v) is 19.6. The number of tetrazole rings is 1. The van der Waals surface area contributed by atoms with E-state index < -0.39 is 22.2 Å². The molecule has 4 rings (SSSR count). The fourth-order valence-corrected chi connectivity index (χ4v) is 5.39. The standard InChI is InChI=1S/C22H25FN6O4S/c1-3-15-6-7-16(22(30)33-2)11-21(15)34(31,32)25-19-12-18(29-14-24-26-27-29)8-9-20(19)28-10-4-5-17(23)13-28/h6-9,11-12,14,17,25H,3-5,10,13H2,1-2H3/t17-/m1/s1. The van der Waals surface area contributed by atoms with Gasteiger partial charge in [0.05, 0.1) is 34.6 Å². The minimum absolute atomic E-state index is 0.0290. The number of aryl methyl sites for hydroxylation is 1. The van der Waals surface area contributed by atoms with Crippen molar-refractivity contribution in [3.63, 3.8) is 0 Å². The number of esters is 1. The van der Waals surface area contributed by atoms with Gasteiger partial charge in [0.15, 0.2) is 0 Å². The number of carbonyl (C=O) groups is 1. The summed E-state index contributed by atoms with van der Waals surface area (Å²) >= 11 is 0. The molecule has 12 heteroatoms. The highest BCUT2D eigenvalue weighted by Gasteiger charge is 2.26. The number of benzene rings is 2. The zero-order chi connectivity index (χ0) is 24.3. The summed E-state index contributed by atoms with van der Waals surface area (Å²) in [5.74, 6) is -0.636. The number of ether oxygens (including phenoxy) is 1. The summed E-state index contributed by atoms with van der Waals surface area (Å²) in [6, 6.07) is 9.48. The SMILES string of the molecule is CCc1ccc(C(=O)OC)cc1S(=O)(=O)Nc1cc(-n2cnnn2)ccc1N1CCC[C@@H](F)C1. The van der Waals surface area contributed by atoms with Crippen LogP contribution in [0.5, 0.6) is 0 Å². The van der Waals surface area contributed by atoms with E-state index in [1.54, 1.807) is 24.3 Å². The lowest BCUT2D eigenvalue weighted by Gasteiger charge is -2.32. The van der Waals surface area contributed by atoms with Gasteiger partial charge in [0.2, 0.25) is 0 Å². The largest absolute Gasteiger partial charge is 0.465 e. The first-order valence-corrected chi connectivity index (χ1v) is 12.3. The van der Waals surface area contributed by atoms with Gasteiger partial charge in [-0.15, -0.1) is 5.10 Å². The predicted octanol–water partition coefficient (Wildman–Crippen LogP) is 2.75. The van der Waals surface area contributed by atoms with Crippen molar-refractivity contribution in [2.24, 2.45) is 0 Å². The lowest BCUT2D eigenvalue weighted by Crippen LogP contribution is -2.37. The molecular formula is C22H25FN6O4S. The molecule has 2 aromatic carbocycles. The van der Waals surface area contributed by atoms with Crippen LogP contribution >= 0.6 is 0 Å². The molecule has 34 heavy (non-hydrogen) atoms. The quantitative estimate of drug-likeness (QED) is 0.504. The first kappa shape index (κ1) is 23.6. The summed E-state index contributed by atoms with van der Waals surface area (Å²) in [6.45, 7) is 2.58. The summed E-state index contributed by atoms with van der Waals surface area (Å²) in [7, 11) is -2.89. The minimum Gasteiger partial charge on any atom is -0.465 e. The number of nitrogens with one attached hydrogen (secondary N) is 1. The van der Waals surface area contributed by atoms with Gasteiger partial charge >= 0.3 is 5.97 Å². The number of hydrogen-bond donors (Lipinski definition) is 1. The summed E-state index contributed by atoms with van der Waals surface area (Å²) < 4.78 is 50.0. The van der Waals surface area contributed by atoms with Crippen molar-refractivity contribution in [2.45, 2.75) is 37.3 Å². The fraction of sp³-hybridized carbons (Fsp3) is 0.364. The van der Waals surface area contributed by atoms with E-state index in [-0.39, 0.29) is 22.7 Å². The van der Waals surface area contributed by atoms with E-state index in [1.165, 1.54) is 30.3 Å². The van der Waals surface area contributed by atoms with Crippen molar-refractivity contribution >= 4 is 27.4 Å². The zero-order valence-electron chi connectivity index (χ0n) is 18.8.